The van der Waals surface area contributed by atoms with Crippen molar-refractivity contribution in [3.05, 3.63) is 0 Å². The Kier molecular flexibility index (Phi) is 7.67. The number of hydrogen-bond acceptors (Lipinski definition) is 6. The Morgan fingerprint density at radius 1 is 0.867 bits per heavy atom. The van der Waals surface area contributed by atoms with Crippen LogP contribution in [0.1, 0.15) is 94.4 Å². The molecule has 6 heteroatoms. The van der Waals surface area contributed by atoms with E-state index < -0.39 is 11.9 Å². The minimum atomic E-state index is -0.484. The molecule has 2 N–H and O–H groups in total. The molecule has 0 saturated carbocycles. The highest BCUT2D eigenvalue weighted by molar-refractivity contribution is 5.91. The lowest BCUT2D eigenvalue weighted by atomic mass is 9.74. The summed E-state index contributed by atoms with van der Waals surface area (Å²) in [5, 5.41) is 7.32. The normalized spacial score (nSPS) is 33.4. The van der Waals surface area contributed by atoms with Gasteiger partial charge in [0, 0.05) is 48.3 Å². The van der Waals surface area contributed by atoms with Crippen LogP contribution in [0, 0.1) is 11.8 Å². The first kappa shape index (κ1) is 25.1. The third kappa shape index (κ3) is 6.94. The van der Waals surface area contributed by atoms with Crippen molar-refractivity contribution in [1.29, 1.82) is 0 Å². The van der Waals surface area contributed by atoms with Crippen LogP contribution in [0.3, 0.4) is 0 Å². The van der Waals surface area contributed by atoms with Gasteiger partial charge in [-0.25, -0.2) is 0 Å². The average molecular weight is 425 g/mol. The zero-order chi connectivity index (χ0) is 22.9. The second-order valence-corrected chi connectivity index (χ2v) is 11.7. The van der Waals surface area contributed by atoms with Crippen LogP contribution in [0.4, 0.5) is 0 Å². The molecule has 4 atom stereocenters. The van der Waals surface area contributed by atoms with E-state index >= 15 is 0 Å². The van der Waals surface area contributed by atoms with E-state index in [0.717, 1.165) is 25.7 Å². The maximum atomic E-state index is 12.5. The molecule has 4 unspecified atom stereocenters. The van der Waals surface area contributed by atoms with Gasteiger partial charge in [-0.15, -0.1) is 0 Å². The summed E-state index contributed by atoms with van der Waals surface area (Å²) in [5.74, 6) is -0.109. The summed E-state index contributed by atoms with van der Waals surface area (Å²) in [6.07, 6.45) is 2.30. The number of hydrogen-bond donors (Lipinski definition) is 2. The van der Waals surface area contributed by atoms with E-state index in [1.807, 2.05) is 0 Å². The Bertz CT molecular complexity index is 629. The molecule has 0 bridgehead atoms. The predicted molar refractivity (Wildman–Crippen MR) is 119 cm³/mol. The first-order valence-corrected chi connectivity index (χ1v) is 11.6. The molecule has 2 saturated heterocycles. The minimum Gasteiger partial charge on any atom is -0.462 e. The van der Waals surface area contributed by atoms with Crippen molar-refractivity contribution in [2.24, 2.45) is 11.8 Å². The number of ether oxygens (including phenoxy) is 2. The van der Waals surface area contributed by atoms with Gasteiger partial charge in [-0.2, -0.15) is 0 Å². The van der Waals surface area contributed by atoms with Gasteiger partial charge >= 0.3 is 11.9 Å². The van der Waals surface area contributed by atoms with Gasteiger partial charge in [0.05, 0.1) is 0 Å². The Morgan fingerprint density at radius 3 is 1.93 bits per heavy atom. The minimum absolute atomic E-state index is 0.0966. The number of rotatable bonds is 6. The summed E-state index contributed by atoms with van der Waals surface area (Å²) < 4.78 is 11.4. The zero-order valence-corrected chi connectivity index (χ0v) is 20.6. The third-order valence-electron chi connectivity index (χ3n) is 6.81. The molecule has 0 aromatic rings. The molecule has 0 aromatic carbocycles. The highest BCUT2D eigenvalue weighted by Crippen LogP contribution is 2.35. The molecule has 0 spiro atoms. The average Bonchev–Trinajstić information content (AvgIpc) is 2.50. The molecule has 2 heterocycles. The summed E-state index contributed by atoms with van der Waals surface area (Å²) in [7, 11) is 0. The van der Waals surface area contributed by atoms with Crippen LogP contribution in [0.5, 0.6) is 0 Å². The highest BCUT2D eigenvalue weighted by Gasteiger charge is 2.44. The maximum absolute atomic E-state index is 12.5. The Morgan fingerprint density at radius 2 is 1.40 bits per heavy atom. The highest BCUT2D eigenvalue weighted by atomic mass is 16.6. The molecule has 0 amide bonds. The van der Waals surface area contributed by atoms with E-state index in [1.54, 1.807) is 0 Å². The summed E-state index contributed by atoms with van der Waals surface area (Å²) in [4.78, 5) is 25.0. The number of esters is 2. The van der Waals surface area contributed by atoms with Gasteiger partial charge in [0.15, 0.2) is 0 Å². The van der Waals surface area contributed by atoms with E-state index in [2.05, 4.69) is 72.9 Å². The number of nitrogens with one attached hydrogen (secondary N) is 2. The van der Waals surface area contributed by atoms with Crippen LogP contribution in [-0.2, 0) is 19.1 Å². The molecule has 2 rings (SSSR count). The smallest absolute Gasteiger partial charge is 0.317 e. The van der Waals surface area contributed by atoms with Crippen molar-refractivity contribution in [1.82, 2.24) is 10.6 Å². The maximum Gasteiger partial charge on any atom is 0.317 e. The van der Waals surface area contributed by atoms with Gasteiger partial charge in [-0.3, -0.25) is 9.59 Å². The number of carbonyl (C=O) groups excluding carboxylic acids is 2. The second kappa shape index (κ2) is 9.15. The second-order valence-electron chi connectivity index (χ2n) is 11.7. The summed E-state index contributed by atoms with van der Waals surface area (Å²) >= 11 is 0. The molecular formula is C24H44N2O4. The Balaban J connectivity index is 1.90. The first-order chi connectivity index (χ1) is 13.6. The van der Waals surface area contributed by atoms with Crippen LogP contribution < -0.4 is 10.6 Å². The van der Waals surface area contributed by atoms with Gasteiger partial charge in [0.2, 0.25) is 0 Å². The topological polar surface area (TPSA) is 76.7 Å². The molecule has 30 heavy (non-hydrogen) atoms. The van der Waals surface area contributed by atoms with Crippen LogP contribution in [0.25, 0.3) is 0 Å². The Labute approximate surface area is 183 Å². The lowest BCUT2D eigenvalue weighted by Gasteiger charge is -2.49. The summed E-state index contributed by atoms with van der Waals surface area (Å²) in [5.41, 5.74) is -0.338. The monoisotopic (exact) mass is 424 g/mol. The molecule has 2 fully saturated rings. The lowest BCUT2D eigenvalue weighted by Crippen LogP contribution is -2.63. The lowest BCUT2D eigenvalue weighted by molar-refractivity contribution is -0.164. The molecule has 2 aliphatic rings. The standard InChI is InChI=1S/C24H44N2O4/c1-15(2)19-10-17(12-22(5,6)25-19)29-20(27)11-21(28)30-18-13-23(7,8)26-24(9,14-18)16(3)4/h15-19,25-26H,10-14H2,1-9H3. The van der Waals surface area contributed by atoms with Crippen LogP contribution >= 0.6 is 0 Å². The van der Waals surface area contributed by atoms with Crippen LogP contribution in [0.2, 0.25) is 0 Å². The quantitative estimate of drug-likeness (QED) is 0.496. The largest absolute Gasteiger partial charge is 0.462 e. The zero-order valence-electron chi connectivity index (χ0n) is 20.6. The van der Waals surface area contributed by atoms with Gasteiger partial charge in [0.1, 0.15) is 18.6 Å². The predicted octanol–water partition coefficient (Wildman–Crippen LogP) is 3.96. The van der Waals surface area contributed by atoms with Gasteiger partial charge < -0.3 is 20.1 Å². The molecule has 2 aliphatic heterocycles. The Hall–Kier alpha value is -1.14. The fourth-order valence-corrected chi connectivity index (χ4v) is 5.11. The van der Waals surface area contributed by atoms with E-state index in [1.165, 1.54) is 0 Å². The van der Waals surface area contributed by atoms with E-state index in [0.29, 0.717) is 17.9 Å². The van der Waals surface area contributed by atoms with Crippen molar-refractivity contribution in [2.45, 2.75) is 129 Å². The van der Waals surface area contributed by atoms with Crippen molar-refractivity contribution >= 4 is 11.9 Å². The van der Waals surface area contributed by atoms with Gasteiger partial charge in [-0.05, 0) is 46.5 Å². The van der Waals surface area contributed by atoms with E-state index in [9.17, 15) is 9.59 Å². The van der Waals surface area contributed by atoms with E-state index in [-0.39, 0.29) is 35.2 Å². The SMILES string of the molecule is CC(C)C1CC(OC(=O)CC(=O)OC2CC(C)(C)NC(C)(C(C)C)C2)CC(C)(C)N1. The molecule has 0 aromatic heterocycles. The van der Waals surface area contributed by atoms with Crippen LogP contribution in [-0.4, -0.2) is 46.8 Å². The molecule has 0 radical (unpaired) electrons. The molecule has 0 aliphatic carbocycles. The summed E-state index contributed by atoms with van der Waals surface area (Å²) in [6, 6.07) is 0.296. The molecule has 174 valence electrons. The fraction of sp³-hybridized carbons (Fsp3) is 0.917. The fourth-order valence-electron chi connectivity index (χ4n) is 5.11. The van der Waals surface area contributed by atoms with Crippen molar-refractivity contribution in [2.75, 3.05) is 0 Å². The molecular weight excluding hydrogens is 380 g/mol. The number of carbonyl (C=O) groups is 2. The van der Waals surface area contributed by atoms with E-state index in [4.69, 9.17) is 9.47 Å². The third-order valence-corrected chi connectivity index (χ3v) is 6.81. The van der Waals surface area contributed by atoms with Crippen LogP contribution in [0.15, 0.2) is 0 Å². The van der Waals surface area contributed by atoms with Crippen molar-refractivity contribution < 1.29 is 19.1 Å². The first-order valence-electron chi connectivity index (χ1n) is 11.6. The molecule has 6 nitrogen and oxygen atoms in total. The number of piperidine rings is 2. The van der Waals surface area contributed by atoms with Crippen molar-refractivity contribution in [3.63, 3.8) is 0 Å². The van der Waals surface area contributed by atoms with Gasteiger partial charge in [-0.1, -0.05) is 27.7 Å². The summed E-state index contributed by atoms with van der Waals surface area (Å²) in [6.45, 7) is 19.4. The van der Waals surface area contributed by atoms with Crippen molar-refractivity contribution in [3.8, 4) is 0 Å². The van der Waals surface area contributed by atoms with Gasteiger partial charge in [0.25, 0.3) is 0 Å².